The predicted molar refractivity (Wildman–Crippen MR) is 55.0 cm³/mol. The van der Waals surface area contributed by atoms with Crippen LogP contribution >= 0.6 is 0 Å². The number of ether oxygens (including phenoxy) is 2. The number of benzene rings is 1. The highest BCUT2D eigenvalue weighted by Gasteiger charge is 2.08. The fourth-order valence-corrected chi connectivity index (χ4v) is 1.17. The number of aliphatic hydroxyl groups is 1. The fraction of sp³-hybridized carbons (Fsp3) is 0.400. The van der Waals surface area contributed by atoms with E-state index in [1.807, 2.05) is 12.1 Å². The number of methoxy groups -OCH3 is 2. The number of nitrogens with zero attached hydrogens (tertiary/aromatic N) is 1. The molecule has 0 amide bonds. The highest BCUT2D eigenvalue weighted by molar-refractivity contribution is 5.60. The number of hydrogen-bond donors (Lipinski definition) is 1. The summed E-state index contributed by atoms with van der Waals surface area (Å²) in [5, 5.41) is 9.00. The van der Waals surface area contributed by atoms with Gasteiger partial charge in [0.1, 0.15) is 18.2 Å². The Labute approximate surface area is 83.7 Å². The summed E-state index contributed by atoms with van der Waals surface area (Å²) >= 11 is 0. The smallest absolute Gasteiger partial charge is 0.142 e. The van der Waals surface area contributed by atoms with Crippen LogP contribution in [0.2, 0.25) is 0 Å². The molecule has 4 heteroatoms. The topological polar surface area (TPSA) is 41.9 Å². The van der Waals surface area contributed by atoms with Gasteiger partial charge in [0.05, 0.1) is 19.9 Å². The molecular formula is C10H15NO3. The molecule has 0 radical (unpaired) electrons. The van der Waals surface area contributed by atoms with E-state index in [4.69, 9.17) is 14.6 Å². The van der Waals surface area contributed by atoms with Crippen LogP contribution in [-0.2, 0) is 0 Å². The largest absolute Gasteiger partial charge is 0.497 e. The van der Waals surface area contributed by atoms with E-state index in [9.17, 15) is 0 Å². The van der Waals surface area contributed by atoms with Crippen LogP contribution in [0.3, 0.4) is 0 Å². The van der Waals surface area contributed by atoms with Crippen molar-refractivity contribution in [3.05, 3.63) is 18.2 Å². The third kappa shape index (κ3) is 2.09. The highest BCUT2D eigenvalue weighted by atomic mass is 16.5. The lowest BCUT2D eigenvalue weighted by atomic mass is 10.2. The second-order valence-corrected chi connectivity index (χ2v) is 2.88. The highest BCUT2D eigenvalue weighted by Crippen LogP contribution is 2.31. The van der Waals surface area contributed by atoms with Crippen LogP contribution in [0.15, 0.2) is 18.2 Å². The molecule has 0 aliphatic rings. The Balaban J connectivity index is 3.08. The molecule has 0 saturated carbocycles. The van der Waals surface area contributed by atoms with Gasteiger partial charge in [-0.1, -0.05) is 0 Å². The van der Waals surface area contributed by atoms with Gasteiger partial charge in [0, 0.05) is 13.1 Å². The molecule has 4 nitrogen and oxygen atoms in total. The Morgan fingerprint density at radius 3 is 2.50 bits per heavy atom. The minimum Gasteiger partial charge on any atom is -0.497 e. The zero-order chi connectivity index (χ0) is 10.6. The Bertz CT molecular complexity index is 301. The van der Waals surface area contributed by atoms with Gasteiger partial charge >= 0.3 is 0 Å². The van der Waals surface area contributed by atoms with Crippen molar-refractivity contribution >= 4 is 5.69 Å². The molecule has 1 rings (SSSR count). The molecule has 0 aliphatic heterocycles. The first-order valence-electron chi connectivity index (χ1n) is 4.27. The SMILES string of the molecule is COc1ccc(OC)c(N(C)CO)c1. The maximum Gasteiger partial charge on any atom is 0.142 e. The van der Waals surface area contributed by atoms with Crippen molar-refractivity contribution in [2.24, 2.45) is 0 Å². The molecule has 0 aromatic heterocycles. The van der Waals surface area contributed by atoms with E-state index in [-0.39, 0.29) is 6.73 Å². The average molecular weight is 197 g/mol. The van der Waals surface area contributed by atoms with Gasteiger partial charge < -0.3 is 19.5 Å². The van der Waals surface area contributed by atoms with Crippen LogP contribution in [0.5, 0.6) is 11.5 Å². The van der Waals surface area contributed by atoms with Gasteiger partial charge in [0.15, 0.2) is 0 Å². The van der Waals surface area contributed by atoms with E-state index in [0.717, 1.165) is 11.4 Å². The third-order valence-electron chi connectivity index (χ3n) is 2.01. The van der Waals surface area contributed by atoms with Gasteiger partial charge in [-0.25, -0.2) is 0 Å². The van der Waals surface area contributed by atoms with Crippen molar-refractivity contribution in [3.63, 3.8) is 0 Å². The zero-order valence-corrected chi connectivity index (χ0v) is 8.65. The standard InChI is InChI=1S/C10H15NO3/c1-11(7-12)9-6-8(13-2)4-5-10(9)14-3/h4-6,12H,7H2,1-3H3. The first kappa shape index (κ1) is 10.7. The Hall–Kier alpha value is -1.42. The molecule has 0 aliphatic carbocycles. The second kappa shape index (κ2) is 4.72. The number of hydrogen-bond acceptors (Lipinski definition) is 4. The lowest BCUT2D eigenvalue weighted by Gasteiger charge is -2.19. The van der Waals surface area contributed by atoms with Crippen LogP contribution in [0.25, 0.3) is 0 Å². The quantitative estimate of drug-likeness (QED) is 0.734. The monoisotopic (exact) mass is 197 g/mol. The lowest BCUT2D eigenvalue weighted by Crippen LogP contribution is -2.18. The molecule has 0 atom stereocenters. The molecular weight excluding hydrogens is 182 g/mol. The van der Waals surface area contributed by atoms with Gasteiger partial charge in [-0.2, -0.15) is 0 Å². The van der Waals surface area contributed by atoms with Gasteiger partial charge in [-0.15, -0.1) is 0 Å². The van der Waals surface area contributed by atoms with E-state index >= 15 is 0 Å². The number of anilines is 1. The summed E-state index contributed by atoms with van der Waals surface area (Å²) in [5.74, 6) is 1.45. The van der Waals surface area contributed by atoms with Crippen molar-refractivity contribution in [2.45, 2.75) is 0 Å². The maximum absolute atomic E-state index is 9.00. The molecule has 0 spiro atoms. The Morgan fingerprint density at radius 2 is 2.00 bits per heavy atom. The first-order valence-corrected chi connectivity index (χ1v) is 4.27. The van der Waals surface area contributed by atoms with Gasteiger partial charge in [-0.3, -0.25) is 0 Å². The zero-order valence-electron chi connectivity index (χ0n) is 8.65. The van der Waals surface area contributed by atoms with Crippen LogP contribution < -0.4 is 14.4 Å². The Kier molecular flexibility index (Phi) is 3.59. The molecule has 0 fully saturated rings. The maximum atomic E-state index is 9.00. The van der Waals surface area contributed by atoms with Crippen molar-refractivity contribution in [1.82, 2.24) is 0 Å². The number of aliphatic hydroxyl groups excluding tert-OH is 1. The summed E-state index contributed by atoms with van der Waals surface area (Å²) in [6.45, 7) is -0.0659. The Morgan fingerprint density at radius 1 is 1.29 bits per heavy atom. The van der Waals surface area contributed by atoms with E-state index in [2.05, 4.69) is 0 Å². The summed E-state index contributed by atoms with van der Waals surface area (Å²) in [4.78, 5) is 1.67. The van der Waals surface area contributed by atoms with Crippen LogP contribution in [-0.4, -0.2) is 33.1 Å². The molecule has 1 aromatic carbocycles. The van der Waals surface area contributed by atoms with Crippen molar-refractivity contribution in [3.8, 4) is 11.5 Å². The van der Waals surface area contributed by atoms with Gasteiger partial charge in [0.2, 0.25) is 0 Å². The van der Waals surface area contributed by atoms with Gasteiger partial charge in [0.25, 0.3) is 0 Å². The molecule has 0 unspecified atom stereocenters. The number of rotatable bonds is 4. The second-order valence-electron chi connectivity index (χ2n) is 2.88. The minimum atomic E-state index is -0.0659. The normalized spacial score (nSPS) is 9.71. The van der Waals surface area contributed by atoms with Crippen LogP contribution in [0, 0.1) is 0 Å². The molecule has 0 heterocycles. The third-order valence-corrected chi connectivity index (χ3v) is 2.01. The summed E-state index contributed by atoms with van der Waals surface area (Å²) in [7, 11) is 4.97. The molecule has 0 saturated heterocycles. The van der Waals surface area contributed by atoms with E-state index in [0.29, 0.717) is 5.75 Å². The summed E-state index contributed by atoms with van der Waals surface area (Å²) in [6.07, 6.45) is 0. The van der Waals surface area contributed by atoms with Crippen molar-refractivity contribution < 1.29 is 14.6 Å². The van der Waals surface area contributed by atoms with E-state index in [1.165, 1.54) is 0 Å². The lowest BCUT2D eigenvalue weighted by molar-refractivity contribution is 0.296. The first-order chi connectivity index (χ1) is 6.72. The minimum absolute atomic E-state index is 0.0659. The van der Waals surface area contributed by atoms with E-state index in [1.54, 1.807) is 32.2 Å². The van der Waals surface area contributed by atoms with Crippen LogP contribution in [0.1, 0.15) is 0 Å². The van der Waals surface area contributed by atoms with Crippen molar-refractivity contribution in [2.75, 3.05) is 32.9 Å². The summed E-state index contributed by atoms with van der Waals surface area (Å²) < 4.78 is 10.2. The fourth-order valence-electron chi connectivity index (χ4n) is 1.17. The molecule has 78 valence electrons. The summed E-state index contributed by atoms with van der Waals surface area (Å²) in [6, 6.07) is 5.43. The van der Waals surface area contributed by atoms with Crippen LogP contribution in [0.4, 0.5) is 5.69 Å². The molecule has 14 heavy (non-hydrogen) atoms. The summed E-state index contributed by atoms with van der Waals surface area (Å²) in [5.41, 5.74) is 0.800. The molecule has 1 aromatic rings. The van der Waals surface area contributed by atoms with Crippen molar-refractivity contribution in [1.29, 1.82) is 0 Å². The molecule has 1 N–H and O–H groups in total. The average Bonchev–Trinajstić information content (AvgIpc) is 2.27. The van der Waals surface area contributed by atoms with Gasteiger partial charge in [-0.05, 0) is 12.1 Å². The molecule has 0 bridgehead atoms. The van der Waals surface area contributed by atoms with E-state index < -0.39 is 0 Å². The predicted octanol–water partition coefficient (Wildman–Crippen LogP) is 1.09.